The summed E-state index contributed by atoms with van der Waals surface area (Å²) in [5.41, 5.74) is 5.96. The van der Waals surface area contributed by atoms with Crippen molar-refractivity contribution in [2.75, 3.05) is 13.1 Å². The Morgan fingerprint density at radius 1 is 1.06 bits per heavy atom. The summed E-state index contributed by atoms with van der Waals surface area (Å²) in [4.78, 5) is 33.0. The maximum Gasteiger partial charge on any atom is 0.269 e. The summed E-state index contributed by atoms with van der Waals surface area (Å²) in [6.45, 7) is 4.96. The lowest BCUT2D eigenvalue weighted by Gasteiger charge is -2.39. The van der Waals surface area contributed by atoms with E-state index in [4.69, 9.17) is 0 Å². The van der Waals surface area contributed by atoms with Crippen LogP contribution in [0.5, 0.6) is 0 Å². The van der Waals surface area contributed by atoms with Crippen LogP contribution in [-0.2, 0) is 14.1 Å². The fourth-order valence-corrected chi connectivity index (χ4v) is 5.12. The van der Waals surface area contributed by atoms with E-state index in [1.807, 2.05) is 60.7 Å². The lowest BCUT2D eigenvalue weighted by Crippen LogP contribution is -2.51. The zero-order valence-corrected chi connectivity index (χ0v) is 20.5. The predicted molar refractivity (Wildman–Crippen MR) is 134 cm³/mol. The van der Waals surface area contributed by atoms with Crippen LogP contribution >= 0.6 is 0 Å². The molecule has 8 nitrogen and oxygen atoms in total. The van der Waals surface area contributed by atoms with Crippen LogP contribution in [-0.4, -0.2) is 55.2 Å². The standard InChI is InChI=1S/C27H30N6O2/c1-17-12-20(14-23-25(17)28-16-31(23)3)27(35)33-11-10-22(21(15-33)19-8-6-5-7-9-19)29-26(34)24-13-18(2)30-32(24)4/h5-9,12-14,16,21-22H,10-11,15H2,1-4H3,(H,29,34)/t21-,22-/m1/s1. The van der Waals surface area contributed by atoms with Gasteiger partial charge in [0.05, 0.1) is 23.1 Å². The number of carbonyl (C=O) groups excluding carboxylic acids is 2. The van der Waals surface area contributed by atoms with Crippen molar-refractivity contribution >= 4 is 22.8 Å². The zero-order chi connectivity index (χ0) is 24.7. The fraction of sp³-hybridized carbons (Fsp3) is 0.333. The molecule has 35 heavy (non-hydrogen) atoms. The highest BCUT2D eigenvalue weighted by atomic mass is 16.2. The summed E-state index contributed by atoms with van der Waals surface area (Å²) >= 11 is 0. The molecular weight excluding hydrogens is 440 g/mol. The first-order valence-corrected chi connectivity index (χ1v) is 11.9. The minimum absolute atomic E-state index is 0.00386. The van der Waals surface area contributed by atoms with Crippen LogP contribution in [0.4, 0.5) is 0 Å². The number of nitrogens with zero attached hydrogens (tertiary/aromatic N) is 5. The molecule has 2 aromatic heterocycles. The van der Waals surface area contributed by atoms with Crippen molar-refractivity contribution in [1.29, 1.82) is 0 Å². The van der Waals surface area contributed by atoms with Gasteiger partial charge in [0.1, 0.15) is 5.69 Å². The number of rotatable bonds is 4. The number of carbonyl (C=O) groups is 2. The fourth-order valence-electron chi connectivity index (χ4n) is 5.12. The van der Waals surface area contributed by atoms with Gasteiger partial charge in [0.15, 0.2) is 0 Å². The molecule has 1 fully saturated rings. The van der Waals surface area contributed by atoms with Gasteiger partial charge in [-0.15, -0.1) is 0 Å². The van der Waals surface area contributed by atoms with Crippen molar-refractivity contribution in [3.8, 4) is 0 Å². The lowest BCUT2D eigenvalue weighted by atomic mass is 9.85. The van der Waals surface area contributed by atoms with Crippen molar-refractivity contribution in [2.45, 2.75) is 32.2 Å². The number of fused-ring (bicyclic) bond motifs is 1. The second-order valence-corrected chi connectivity index (χ2v) is 9.45. The van der Waals surface area contributed by atoms with E-state index >= 15 is 0 Å². The molecule has 2 amide bonds. The van der Waals surface area contributed by atoms with Crippen LogP contribution < -0.4 is 5.32 Å². The molecule has 1 aliphatic heterocycles. The molecule has 0 radical (unpaired) electrons. The molecule has 0 unspecified atom stereocenters. The molecular formula is C27H30N6O2. The summed E-state index contributed by atoms with van der Waals surface area (Å²) in [6.07, 6.45) is 2.44. The quantitative estimate of drug-likeness (QED) is 0.496. The van der Waals surface area contributed by atoms with Gasteiger partial charge < -0.3 is 14.8 Å². The van der Waals surface area contributed by atoms with E-state index < -0.39 is 0 Å². The summed E-state index contributed by atoms with van der Waals surface area (Å²) < 4.78 is 3.55. The normalized spacial score (nSPS) is 18.1. The van der Waals surface area contributed by atoms with Crippen molar-refractivity contribution in [3.63, 3.8) is 0 Å². The summed E-state index contributed by atoms with van der Waals surface area (Å²) in [5.74, 6) is -0.158. The van der Waals surface area contributed by atoms with Crippen LogP contribution in [0.25, 0.3) is 11.0 Å². The number of aryl methyl sites for hydroxylation is 4. The summed E-state index contributed by atoms with van der Waals surface area (Å²) in [6, 6.07) is 15.7. The molecule has 1 saturated heterocycles. The van der Waals surface area contributed by atoms with Gasteiger partial charge in [-0.1, -0.05) is 30.3 Å². The van der Waals surface area contributed by atoms with E-state index in [9.17, 15) is 9.59 Å². The highest BCUT2D eigenvalue weighted by Crippen LogP contribution is 2.29. The Morgan fingerprint density at radius 2 is 1.83 bits per heavy atom. The number of aromatic nitrogens is 4. The summed E-state index contributed by atoms with van der Waals surface area (Å²) in [7, 11) is 3.71. The Balaban J connectivity index is 1.41. The van der Waals surface area contributed by atoms with E-state index in [0.717, 1.165) is 27.9 Å². The number of benzene rings is 2. The Bertz CT molecular complexity index is 1400. The third-order valence-corrected chi connectivity index (χ3v) is 6.95. The topological polar surface area (TPSA) is 85.0 Å². The van der Waals surface area contributed by atoms with E-state index in [0.29, 0.717) is 30.8 Å². The second-order valence-electron chi connectivity index (χ2n) is 9.45. The first-order valence-electron chi connectivity index (χ1n) is 11.9. The molecule has 180 valence electrons. The third kappa shape index (κ3) is 4.32. The molecule has 2 atom stereocenters. The molecule has 0 saturated carbocycles. The first-order chi connectivity index (χ1) is 16.8. The molecule has 0 bridgehead atoms. The van der Waals surface area contributed by atoms with Crippen molar-refractivity contribution in [2.24, 2.45) is 14.1 Å². The summed E-state index contributed by atoms with van der Waals surface area (Å²) in [5, 5.41) is 7.52. The van der Waals surface area contributed by atoms with Crippen molar-refractivity contribution < 1.29 is 9.59 Å². The van der Waals surface area contributed by atoms with Gasteiger partial charge in [0.25, 0.3) is 11.8 Å². The highest BCUT2D eigenvalue weighted by molar-refractivity contribution is 5.98. The largest absolute Gasteiger partial charge is 0.347 e. The van der Waals surface area contributed by atoms with Crippen LogP contribution in [0, 0.1) is 13.8 Å². The van der Waals surface area contributed by atoms with Gasteiger partial charge in [-0.05, 0) is 49.6 Å². The minimum Gasteiger partial charge on any atom is -0.347 e. The Labute approximate surface area is 204 Å². The number of likely N-dealkylation sites (tertiary alicyclic amines) is 1. The molecule has 4 aromatic rings. The van der Waals surface area contributed by atoms with E-state index in [1.165, 1.54) is 0 Å². The maximum atomic E-state index is 13.6. The van der Waals surface area contributed by atoms with Gasteiger partial charge in [-0.2, -0.15) is 5.10 Å². The van der Waals surface area contributed by atoms with Crippen LogP contribution in [0.3, 0.4) is 0 Å². The van der Waals surface area contributed by atoms with E-state index in [1.54, 1.807) is 24.1 Å². The number of hydrogen-bond donors (Lipinski definition) is 1. The van der Waals surface area contributed by atoms with Gasteiger partial charge in [-0.3, -0.25) is 14.3 Å². The minimum atomic E-state index is -0.143. The van der Waals surface area contributed by atoms with Gasteiger partial charge >= 0.3 is 0 Å². The van der Waals surface area contributed by atoms with Crippen molar-refractivity contribution in [3.05, 3.63) is 82.9 Å². The van der Waals surface area contributed by atoms with Gasteiger partial charge in [-0.25, -0.2) is 4.98 Å². The second kappa shape index (κ2) is 9.02. The number of imidazole rings is 1. The average Bonchev–Trinajstić information content (AvgIpc) is 3.40. The Morgan fingerprint density at radius 3 is 2.54 bits per heavy atom. The molecule has 2 aromatic carbocycles. The Hall–Kier alpha value is -3.94. The number of hydrogen-bond acceptors (Lipinski definition) is 4. The van der Waals surface area contributed by atoms with Gasteiger partial charge in [0.2, 0.25) is 0 Å². The first kappa shape index (κ1) is 22.8. The highest BCUT2D eigenvalue weighted by Gasteiger charge is 2.34. The lowest BCUT2D eigenvalue weighted by molar-refractivity contribution is 0.0671. The van der Waals surface area contributed by atoms with E-state index in [2.05, 4.69) is 27.5 Å². The number of nitrogens with one attached hydrogen (secondary N) is 1. The average molecular weight is 471 g/mol. The number of amides is 2. The van der Waals surface area contributed by atoms with Gasteiger partial charge in [0, 0.05) is 44.7 Å². The van der Waals surface area contributed by atoms with Crippen molar-refractivity contribution in [1.82, 2.24) is 29.5 Å². The van der Waals surface area contributed by atoms with Crippen LogP contribution in [0.2, 0.25) is 0 Å². The zero-order valence-electron chi connectivity index (χ0n) is 20.5. The molecule has 0 spiro atoms. The third-order valence-electron chi connectivity index (χ3n) is 6.95. The van der Waals surface area contributed by atoms with E-state index in [-0.39, 0.29) is 23.8 Å². The smallest absolute Gasteiger partial charge is 0.269 e. The van der Waals surface area contributed by atoms with Crippen LogP contribution in [0.15, 0.2) is 54.9 Å². The predicted octanol–water partition coefficient (Wildman–Crippen LogP) is 3.35. The molecule has 1 aliphatic rings. The Kier molecular flexibility index (Phi) is 5.88. The molecule has 1 N–H and O–H groups in total. The molecule has 8 heteroatoms. The molecule has 3 heterocycles. The monoisotopic (exact) mass is 470 g/mol. The molecule has 5 rings (SSSR count). The maximum absolute atomic E-state index is 13.6. The van der Waals surface area contributed by atoms with Crippen LogP contribution in [0.1, 0.15) is 50.0 Å². The number of piperidine rings is 1. The molecule has 0 aliphatic carbocycles. The SMILES string of the molecule is Cc1cc(C(=O)N[C@@H]2CCN(C(=O)c3cc(C)c4ncn(C)c4c3)C[C@@H]2c2ccccc2)n(C)n1.